The fourth-order valence-electron chi connectivity index (χ4n) is 2.79. The van der Waals surface area contributed by atoms with E-state index < -0.39 is 17.1 Å². The third kappa shape index (κ3) is 6.13. The SMILES string of the molecule is CN=CC(=CN)Nc1nccc(-c2ccc(CNC(=O)c3cnc(C(F)(F)F)s3)c(C)c2)n1. The quantitative estimate of drug-likeness (QED) is 0.448. The van der Waals surface area contributed by atoms with Gasteiger partial charge in [0.05, 0.1) is 17.6 Å². The molecule has 0 spiro atoms. The molecule has 0 saturated heterocycles. The van der Waals surface area contributed by atoms with E-state index in [0.717, 1.165) is 22.9 Å². The Morgan fingerprint density at radius 2 is 2.06 bits per heavy atom. The normalized spacial score (nSPS) is 12.2. The first-order valence-corrected chi connectivity index (χ1v) is 10.4. The van der Waals surface area contributed by atoms with Crippen molar-refractivity contribution >= 4 is 29.4 Å². The van der Waals surface area contributed by atoms with Crippen molar-refractivity contribution in [2.75, 3.05) is 12.4 Å². The lowest BCUT2D eigenvalue weighted by Crippen LogP contribution is -2.22. The van der Waals surface area contributed by atoms with Gasteiger partial charge in [-0.15, -0.1) is 11.3 Å². The third-order valence-corrected chi connectivity index (χ3v) is 5.45. The molecular weight excluding hydrogens is 455 g/mol. The van der Waals surface area contributed by atoms with Gasteiger partial charge in [0.25, 0.3) is 5.91 Å². The van der Waals surface area contributed by atoms with Crippen LogP contribution in [0.5, 0.6) is 0 Å². The highest BCUT2D eigenvalue weighted by Gasteiger charge is 2.35. The van der Waals surface area contributed by atoms with Crippen LogP contribution in [0.3, 0.4) is 0 Å². The number of hydrogen-bond acceptors (Lipinski definition) is 8. The molecule has 1 amide bonds. The molecule has 0 atom stereocenters. The largest absolute Gasteiger partial charge is 0.443 e. The average molecular weight is 476 g/mol. The molecule has 3 aromatic rings. The van der Waals surface area contributed by atoms with E-state index in [9.17, 15) is 18.0 Å². The van der Waals surface area contributed by atoms with Crippen molar-refractivity contribution in [3.8, 4) is 11.3 Å². The van der Waals surface area contributed by atoms with Crippen LogP contribution < -0.4 is 16.4 Å². The Morgan fingerprint density at radius 3 is 2.70 bits per heavy atom. The lowest BCUT2D eigenvalue weighted by molar-refractivity contribution is -0.137. The van der Waals surface area contributed by atoms with Crippen LogP contribution in [0.4, 0.5) is 19.1 Å². The number of thiazole rings is 1. The lowest BCUT2D eigenvalue weighted by atomic mass is 10.0. The van der Waals surface area contributed by atoms with Gasteiger partial charge in [0.2, 0.25) is 5.95 Å². The van der Waals surface area contributed by atoms with E-state index in [2.05, 4.69) is 30.6 Å². The van der Waals surface area contributed by atoms with Crippen LogP contribution in [0.25, 0.3) is 11.3 Å². The molecule has 0 fully saturated rings. The second-order valence-corrected chi connectivity index (χ2v) is 7.78. The summed E-state index contributed by atoms with van der Waals surface area (Å²) in [5, 5.41) is 4.54. The van der Waals surface area contributed by atoms with Crippen molar-refractivity contribution in [1.29, 1.82) is 0 Å². The van der Waals surface area contributed by atoms with E-state index in [1.165, 1.54) is 6.20 Å². The number of amides is 1. The van der Waals surface area contributed by atoms with Gasteiger partial charge < -0.3 is 16.4 Å². The summed E-state index contributed by atoms with van der Waals surface area (Å²) in [6.45, 7) is 2.02. The van der Waals surface area contributed by atoms with E-state index in [1.54, 1.807) is 25.5 Å². The number of rotatable bonds is 7. The Kier molecular flexibility index (Phi) is 7.38. The molecular formula is C21H20F3N7OS. The number of aliphatic imine (C=N–C) groups is 1. The van der Waals surface area contributed by atoms with Crippen molar-refractivity contribution in [2.24, 2.45) is 10.7 Å². The molecule has 0 aliphatic carbocycles. The van der Waals surface area contributed by atoms with Gasteiger partial charge in [-0.3, -0.25) is 9.79 Å². The number of carbonyl (C=O) groups is 1. The van der Waals surface area contributed by atoms with Crippen molar-refractivity contribution in [2.45, 2.75) is 19.6 Å². The first-order chi connectivity index (χ1) is 15.7. The summed E-state index contributed by atoms with van der Waals surface area (Å²) >= 11 is 0.309. The van der Waals surface area contributed by atoms with Crippen molar-refractivity contribution in [3.05, 3.63) is 69.6 Å². The number of alkyl halides is 3. The Hall–Kier alpha value is -3.80. The number of nitrogens with two attached hydrogens (primary N) is 1. The maximum absolute atomic E-state index is 12.7. The number of nitrogens with zero attached hydrogens (tertiary/aromatic N) is 4. The first-order valence-electron chi connectivity index (χ1n) is 9.56. The predicted octanol–water partition coefficient (Wildman–Crippen LogP) is 3.77. The number of allylic oxidation sites excluding steroid dienone is 1. The molecule has 0 unspecified atom stereocenters. The fraction of sp³-hybridized carbons (Fsp3) is 0.190. The predicted molar refractivity (Wildman–Crippen MR) is 121 cm³/mol. The molecule has 0 aliphatic heterocycles. The molecule has 0 aliphatic rings. The van der Waals surface area contributed by atoms with Crippen molar-refractivity contribution in [1.82, 2.24) is 20.3 Å². The molecule has 0 saturated carbocycles. The summed E-state index contributed by atoms with van der Waals surface area (Å²) in [4.78, 5) is 27.9. The summed E-state index contributed by atoms with van der Waals surface area (Å²) in [5.74, 6) is -0.266. The summed E-state index contributed by atoms with van der Waals surface area (Å²) in [6.07, 6.45) is 0.858. The summed E-state index contributed by atoms with van der Waals surface area (Å²) in [7, 11) is 1.62. The zero-order chi connectivity index (χ0) is 24.0. The van der Waals surface area contributed by atoms with Crippen LogP contribution in [-0.2, 0) is 12.7 Å². The Balaban J connectivity index is 1.70. The summed E-state index contributed by atoms with van der Waals surface area (Å²) < 4.78 is 38.0. The number of carbonyl (C=O) groups excluding carboxylic acids is 1. The standard InChI is InChI=1S/C21H20F3N7OS/c1-12-7-13(16-5-6-27-20(31-16)30-15(8-25)10-26-2)3-4-14(12)9-28-18(32)17-11-29-19(33-17)21(22,23)24/h3-8,10-11H,9,25H2,1-2H3,(H,28,32)(H,27,30,31). The fourth-order valence-corrected chi connectivity index (χ4v) is 3.49. The zero-order valence-electron chi connectivity index (χ0n) is 17.6. The minimum Gasteiger partial charge on any atom is -0.403 e. The highest BCUT2D eigenvalue weighted by atomic mass is 32.1. The monoisotopic (exact) mass is 475 g/mol. The van der Waals surface area contributed by atoms with Crippen LogP contribution in [-0.4, -0.2) is 34.1 Å². The van der Waals surface area contributed by atoms with Gasteiger partial charge in [0.1, 0.15) is 4.88 Å². The number of hydrogen-bond donors (Lipinski definition) is 3. The van der Waals surface area contributed by atoms with Crippen LogP contribution in [0.15, 0.2) is 53.5 Å². The van der Waals surface area contributed by atoms with E-state index in [4.69, 9.17) is 5.73 Å². The molecule has 2 heterocycles. The molecule has 0 bridgehead atoms. The molecule has 0 radical (unpaired) electrons. The Bertz CT molecular complexity index is 1200. The van der Waals surface area contributed by atoms with Crippen LogP contribution in [0.1, 0.15) is 25.8 Å². The highest BCUT2D eigenvalue weighted by Crippen LogP contribution is 2.32. The van der Waals surface area contributed by atoms with Gasteiger partial charge in [0.15, 0.2) is 5.01 Å². The smallest absolute Gasteiger partial charge is 0.403 e. The van der Waals surface area contributed by atoms with E-state index in [0.29, 0.717) is 28.7 Å². The molecule has 3 rings (SSSR count). The molecule has 12 heteroatoms. The lowest BCUT2D eigenvalue weighted by Gasteiger charge is -2.10. The highest BCUT2D eigenvalue weighted by molar-refractivity contribution is 7.13. The second kappa shape index (κ2) is 10.2. The molecule has 33 heavy (non-hydrogen) atoms. The van der Waals surface area contributed by atoms with E-state index in [1.807, 2.05) is 25.1 Å². The minimum absolute atomic E-state index is 0.100. The average Bonchev–Trinajstić information content (AvgIpc) is 3.29. The van der Waals surface area contributed by atoms with Gasteiger partial charge in [-0.2, -0.15) is 13.2 Å². The van der Waals surface area contributed by atoms with E-state index in [-0.39, 0.29) is 11.4 Å². The second-order valence-electron chi connectivity index (χ2n) is 6.75. The molecule has 172 valence electrons. The Morgan fingerprint density at radius 1 is 1.27 bits per heavy atom. The number of aryl methyl sites for hydroxylation is 1. The van der Waals surface area contributed by atoms with E-state index >= 15 is 0 Å². The first kappa shape index (κ1) is 23.9. The minimum atomic E-state index is -4.57. The Labute approximate surface area is 191 Å². The van der Waals surface area contributed by atoms with Gasteiger partial charge in [-0.25, -0.2) is 15.0 Å². The van der Waals surface area contributed by atoms with Crippen LogP contribution >= 0.6 is 11.3 Å². The number of nitrogens with one attached hydrogen (secondary N) is 2. The van der Waals surface area contributed by atoms with Crippen molar-refractivity contribution in [3.63, 3.8) is 0 Å². The number of anilines is 1. The van der Waals surface area contributed by atoms with Gasteiger partial charge in [-0.05, 0) is 30.2 Å². The van der Waals surface area contributed by atoms with Gasteiger partial charge >= 0.3 is 6.18 Å². The van der Waals surface area contributed by atoms with Gasteiger partial charge in [-0.1, -0.05) is 12.1 Å². The summed E-state index contributed by atoms with van der Waals surface area (Å²) in [6, 6.07) is 7.31. The zero-order valence-corrected chi connectivity index (χ0v) is 18.5. The molecule has 1 aromatic carbocycles. The third-order valence-electron chi connectivity index (χ3n) is 4.41. The number of aromatic nitrogens is 3. The maximum atomic E-state index is 12.7. The number of benzene rings is 1. The molecule has 4 N–H and O–H groups in total. The topological polar surface area (TPSA) is 118 Å². The maximum Gasteiger partial charge on any atom is 0.443 e. The van der Waals surface area contributed by atoms with Crippen LogP contribution in [0, 0.1) is 6.92 Å². The molecule has 8 nitrogen and oxygen atoms in total. The molecule has 2 aromatic heterocycles. The number of halogens is 3. The summed E-state index contributed by atoms with van der Waals surface area (Å²) in [5.41, 5.74) is 9.27. The van der Waals surface area contributed by atoms with Crippen molar-refractivity contribution < 1.29 is 18.0 Å². The van der Waals surface area contributed by atoms with Crippen LogP contribution in [0.2, 0.25) is 0 Å². The van der Waals surface area contributed by atoms with Gasteiger partial charge in [0, 0.05) is 37.8 Å².